The first-order valence-electron chi connectivity index (χ1n) is 8.49. The van der Waals surface area contributed by atoms with Crippen LogP contribution in [0.1, 0.15) is 46.0 Å². The fourth-order valence-corrected chi connectivity index (χ4v) is 3.76. The van der Waals surface area contributed by atoms with Gasteiger partial charge in [-0.3, -0.25) is 4.90 Å². The maximum Gasteiger partial charge on any atom is 0.0610 e. The van der Waals surface area contributed by atoms with Crippen molar-refractivity contribution in [2.75, 3.05) is 45.9 Å². The smallest absolute Gasteiger partial charge is 0.0610 e. The molecule has 0 radical (unpaired) electrons. The predicted octanol–water partition coefficient (Wildman–Crippen LogP) is 1.30. The van der Waals surface area contributed by atoms with E-state index < -0.39 is 0 Å². The van der Waals surface area contributed by atoms with Crippen LogP contribution in [0.15, 0.2) is 0 Å². The minimum Gasteiger partial charge on any atom is -0.394 e. The van der Waals surface area contributed by atoms with Crippen molar-refractivity contribution in [1.82, 2.24) is 15.1 Å². The Hall–Kier alpha value is -0.160. The monoisotopic (exact) mass is 283 g/mol. The Bertz CT molecular complexity index is 281. The lowest BCUT2D eigenvalue weighted by Gasteiger charge is -2.29. The van der Waals surface area contributed by atoms with Crippen LogP contribution in [0.5, 0.6) is 0 Å². The Morgan fingerprint density at radius 1 is 1.25 bits per heavy atom. The van der Waals surface area contributed by atoms with E-state index in [-0.39, 0.29) is 12.1 Å². The SMILES string of the molecule is CCNC(C)(CO)CCCN1CCC(N2CCCC2)C1. The molecule has 4 heteroatoms. The molecule has 0 aromatic rings. The highest BCUT2D eigenvalue weighted by Gasteiger charge is 2.29. The summed E-state index contributed by atoms with van der Waals surface area (Å²) in [5, 5.41) is 12.9. The van der Waals surface area contributed by atoms with Gasteiger partial charge in [0.05, 0.1) is 6.61 Å². The number of likely N-dealkylation sites (N-methyl/N-ethyl adjacent to an activating group) is 1. The number of nitrogens with one attached hydrogen (secondary N) is 1. The Labute approximate surface area is 124 Å². The van der Waals surface area contributed by atoms with E-state index in [4.69, 9.17) is 0 Å². The molecular formula is C16H33N3O. The molecule has 2 aliphatic rings. The van der Waals surface area contributed by atoms with Gasteiger partial charge < -0.3 is 15.3 Å². The molecule has 0 bridgehead atoms. The van der Waals surface area contributed by atoms with Gasteiger partial charge in [0, 0.05) is 18.1 Å². The summed E-state index contributed by atoms with van der Waals surface area (Å²) in [6, 6.07) is 0.815. The fourth-order valence-electron chi connectivity index (χ4n) is 3.76. The van der Waals surface area contributed by atoms with E-state index >= 15 is 0 Å². The van der Waals surface area contributed by atoms with E-state index in [1.165, 1.54) is 58.4 Å². The Morgan fingerprint density at radius 2 is 2.00 bits per heavy atom. The van der Waals surface area contributed by atoms with E-state index in [0.29, 0.717) is 0 Å². The lowest BCUT2D eigenvalue weighted by Crippen LogP contribution is -2.46. The molecule has 0 aromatic heterocycles. The second kappa shape index (κ2) is 7.74. The molecule has 2 fully saturated rings. The van der Waals surface area contributed by atoms with Gasteiger partial charge in [-0.15, -0.1) is 0 Å². The third kappa shape index (κ3) is 4.42. The van der Waals surface area contributed by atoms with Gasteiger partial charge in [-0.2, -0.15) is 0 Å². The molecule has 0 spiro atoms. The molecule has 118 valence electrons. The van der Waals surface area contributed by atoms with E-state index in [2.05, 4.69) is 29.0 Å². The zero-order valence-corrected chi connectivity index (χ0v) is 13.4. The summed E-state index contributed by atoms with van der Waals surface area (Å²) >= 11 is 0. The van der Waals surface area contributed by atoms with Crippen molar-refractivity contribution >= 4 is 0 Å². The van der Waals surface area contributed by atoms with Crippen LogP contribution in [-0.2, 0) is 0 Å². The van der Waals surface area contributed by atoms with Gasteiger partial charge in [-0.05, 0) is 71.8 Å². The highest BCUT2D eigenvalue weighted by Crippen LogP contribution is 2.21. The van der Waals surface area contributed by atoms with Gasteiger partial charge >= 0.3 is 0 Å². The lowest BCUT2D eigenvalue weighted by molar-refractivity contribution is 0.159. The van der Waals surface area contributed by atoms with Crippen molar-refractivity contribution in [2.45, 2.75) is 57.5 Å². The van der Waals surface area contributed by atoms with Crippen molar-refractivity contribution in [3.8, 4) is 0 Å². The number of aliphatic hydroxyl groups is 1. The summed E-state index contributed by atoms with van der Waals surface area (Å²) in [7, 11) is 0. The standard InChI is InChI=1S/C16H33N3O/c1-3-17-16(2,14-20)8-6-9-18-12-7-15(13-18)19-10-4-5-11-19/h15,17,20H,3-14H2,1-2H3. The van der Waals surface area contributed by atoms with Crippen LogP contribution in [-0.4, -0.2) is 72.4 Å². The molecule has 0 amide bonds. The predicted molar refractivity (Wildman–Crippen MR) is 84.1 cm³/mol. The number of hydrogen-bond donors (Lipinski definition) is 2. The van der Waals surface area contributed by atoms with Crippen molar-refractivity contribution in [1.29, 1.82) is 0 Å². The van der Waals surface area contributed by atoms with Crippen LogP contribution in [0.2, 0.25) is 0 Å². The van der Waals surface area contributed by atoms with Gasteiger partial charge in [-0.1, -0.05) is 6.92 Å². The van der Waals surface area contributed by atoms with Gasteiger partial charge in [0.2, 0.25) is 0 Å². The molecule has 2 heterocycles. The topological polar surface area (TPSA) is 38.7 Å². The number of rotatable bonds is 8. The van der Waals surface area contributed by atoms with E-state index in [0.717, 1.165) is 19.0 Å². The summed E-state index contributed by atoms with van der Waals surface area (Å²) in [5.41, 5.74) is -0.0944. The Morgan fingerprint density at radius 3 is 2.65 bits per heavy atom. The summed E-state index contributed by atoms with van der Waals surface area (Å²) < 4.78 is 0. The van der Waals surface area contributed by atoms with Gasteiger partial charge in [0.1, 0.15) is 0 Å². The third-order valence-corrected chi connectivity index (χ3v) is 5.06. The molecule has 0 aliphatic carbocycles. The zero-order valence-electron chi connectivity index (χ0n) is 13.4. The van der Waals surface area contributed by atoms with Crippen LogP contribution in [0.4, 0.5) is 0 Å². The second-order valence-corrected chi connectivity index (χ2v) is 6.84. The van der Waals surface area contributed by atoms with Gasteiger partial charge in [0.25, 0.3) is 0 Å². The first-order valence-corrected chi connectivity index (χ1v) is 8.49. The minimum atomic E-state index is -0.0944. The van der Waals surface area contributed by atoms with E-state index in [9.17, 15) is 5.11 Å². The maximum atomic E-state index is 9.51. The lowest BCUT2D eigenvalue weighted by atomic mass is 9.96. The van der Waals surface area contributed by atoms with Crippen molar-refractivity contribution in [2.24, 2.45) is 0 Å². The summed E-state index contributed by atoms with van der Waals surface area (Å²) in [6.07, 6.45) is 6.38. The summed E-state index contributed by atoms with van der Waals surface area (Å²) in [4.78, 5) is 5.31. The van der Waals surface area contributed by atoms with Crippen LogP contribution < -0.4 is 5.32 Å². The highest BCUT2D eigenvalue weighted by atomic mass is 16.3. The number of hydrogen-bond acceptors (Lipinski definition) is 4. The number of aliphatic hydroxyl groups excluding tert-OH is 1. The molecule has 2 unspecified atom stereocenters. The molecule has 2 N–H and O–H groups in total. The number of likely N-dealkylation sites (tertiary alicyclic amines) is 2. The molecule has 2 atom stereocenters. The third-order valence-electron chi connectivity index (χ3n) is 5.06. The quantitative estimate of drug-likeness (QED) is 0.704. The molecule has 0 aromatic carbocycles. The normalized spacial score (nSPS) is 28.1. The summed E-state index contributed by atoms with van der Waals surface area (Å²) in [6.45, 7) is 11.8. The van der Waals surface area contributed by atoms with Crippen LogP contribution in [0.3, 0.4) is 0 Å². The fraction of sp³-hybridized carbons (Fsp3) is 1.00. The highest BCUT2D eigenvalue weighted by molar-refractivity contribution is 4.87. The van der Waals surface area contributed by atoms with Crippen molar-refractivity contribution in [3.05, 3.63) is 0 Å². The van der Waals surface area contributed by atoms with Gasteiger partial charge in [-0.25, -0.2) is 0 Å². The van der Waals surface area contributed by atoms with Crippen LogP contribution in [0, 0.1) is 0 Å². The van der Waals surface area contributed by atoms with Crippen molar-refractivity contribution in [3.63, 3.8) is 0 Å². The zero-order chi connectivity index (χ0) is 14.4. The van der Waals surface area contributed by atoms with E-state index in [1.54, 1.807) is 0 Å². The first-order chi connectivity index (χ1) is 9.67. The van der Waals surface area contributed by atoms with Gasteiger partial charge in [0.15, 0.2) is 0 Å². The molecule has 2 rings (SSSR count). The molecule has 2 saturated heterocycles. The van der Waals surface area contributed by atoms with E-state index in [1.807, 2.05) is 0 Å². The number of nitrogens with zero attached hydrogens (tertiary/aromatic N) is 2. The maximum absolute atomic E-state index is 9.51. The van der Waals surface area contributed by atoms with Crippen LogP contribution >= 0.6 is 0 Å². The largest absolute Gasteiger partial charge is 0.394 e. The average Bonchev–Trinajstić information content (AvgIpc) is 3.09. The molecule has 20 heavy (non-hydrogen) atoms. The molecule has 2 aliphatic heterocycles. The average molecular weight is 283 g/mol. The Balaban J connectivity index is 1.65. The molecule has 0 saturated carbocycles. The minimum absolute atomic E-state index is 0.0944. The first kappa shape index (κ1) is 16.2. The summed E-state index contributed by atoms with van der Waals surface area (Å²) in [5.74, 6) is 0. The van der Waals surface area contributed by atoms with Crippen LogP contribution in [0.25, 0.3) is 0 Å². The Kier molecular flexibility index (Phi) is 6.27. The van der Waals surface area contributed by atoms with Crippen molar-refractivity contribution < 1.29 is 5.11 Å². The second-order valence-electron chi connectivity index (χ2n) is 6.84. The molecule has 4 nitrogen and oxygen atoms in total. The molecular weight excluding hydrogens is 250 g/mol.